The molecule has 2 aliphatic heterocycles. The maximum atomic E-state index is 5.26. The van der Waals surface area contributed by atoms with E-state index in [4.69, 9.17) is 4.74 Å². The van der Waals surface area contributed by atoms with E-state index in [1.165, 1.54) is 5.69 Å². The number of ether oxygens (including phenoxy) is 1. The Bertz CT molecular complexity index is 684. The lowest BCUT2D eigenvalue weighted by Gasteiger charge is -2.36. The minimum absolute atomic E-state index is 0.472. The van der Waals surface area contributed by atoms with Crippen LogP contribution >= 0.6 is 0 Å². The monoisotopic (exact) mass is 430 g/mol. The number of piperazine rings is 1. The highest BCUT2D eigenvalue weighted by atomic mass is 16.5. The van der Waals surface area contributed by atoms with Crippen molar-refractivity contribution >= 4 is 11.6 Å². The van der Waals surface area contributed by atoms with Gasteiger partial charge in [-0.05, 0) is 57.0 Å². The normalized spacial score (nSPS) is 23.4. The van der Waals surface area contributed by atoms with E-state index < -0.39 is 0 Å². The van der Waals surface area contributed by atoms with Gasteiger partial charge in [0.05, 0.1) is 7.11 Å². The van der Waals surface area contributed by atoms with Gasteiger partial charge in [0.25, 0.3) is 0 Å². The van der Waals surface area contributed by atoms with Crippen molar-refractivity contribution < 1.29 is 4.74 Å². The van der Waals surface area contributed by atoms with Gasteiger partial charge in [-0.15, -0.1) is 0 Å². The molecule has 7 heteroatoms. The molecule has 0 saturated carbocycles. The van der Waals surface area contributed by atoms with E-state index in [-0.39, 0.29) is 0 Å². The molecule has 1 aromatic carbocycles. The number of benzene rings is 1. The summed E-state index contributed by atoms with van der Waals surface area (Å²) >= 11 is 0. The number of likely N-dealkylation sites (tertiary alicyclic amines) is 1. The van der Waals surface area contributed by atoms with Crippen LogP contribution in [0.3, 0.4) is 0 Å². The summed E-state index contributed by atoms with van der Waals surface area (Å²) in [7, 11) is 3.58. The molecule has 1 aromatic rings. The first-order chi connectivity index (χ1) is 15.0. The maximum absolute atomic E-state index is 5.26. The Labute approximate surface area is 188 Å². The Morgan fingerprint density at radius 1 is 1.13 bits per heavy atom. The fraction of sp³-hybridized carbons (Fsp3) is 0.708. The zero-order valence-corrected chi connectivity index (χ0v) is 20.1. The summed E-state index contributed by atoms with van der Waals surface area (Å²) in [6, 6.07) is 9.47. The van der Waals surface area contributed by atoms with Crippen molar-refractivity contribution in [3.8, 4) is 5.75 Å². The standard InChI is InChI=1S/C24H42N6O/c1-19(2)30-17-20(3)23(18-30)27-24(25-4)26-11-6-12-28-13-15-29(16-14-28)21-7-9-22(31-5)10-8-21/h7-10,19-20,23H,6,11-18H2,1-5H3,(H2,25,26,27). The van der Waals surface area contributed by atoms with E-state index in [0.717, 1.165) is 70.5 Å². The topological polar surface area (TPSA) is 55.4 Å². The van der Waals surface area contributed by atoms with Crippen LogP contribution in [0.25, 0.3) is 0 Å². The SMILES string of the molecule is CN=C(NCCCN1CCN(c2ccc(OC)cc2)CC1)NC1CN(C(C)C)CC1C. The van der Waals surface area contributed by atoms with Gasteiger partial charge >= 0.3 is 0 Å². The number of hydrogen-bond donors (Lipinski definition) is 2. The van der Waals surface area contributed by atoms with Crippen LogP contribution in [-0.2, 0) is 0 Å². The number of nitrogens with zero attached hydrogens (tertiary/aromatic N) is 4. The fourth-order valence-electron chi connectivity index (χ4n) is 4.52. The third-order valence-electron chi connectivity index (χ3n) is 6.67. The molecule has 0 bridgehead atoms. The highest BCUT2D eigenvalue weighted by molar-refractivity contribution is 5.80. The highest BCUT2D eigenvalue weighted by Gasteiger charge is 2.31. The Kier molecular flexibility index (Phi) is 8.84. The summed E-state index contributed by atoms with van der Waals surface area (Å²) in [6.07, 6.45) is 1.13. The van der Waals surface area contributed by atoms with E-state index >= 15 is 0 Å². The van der Waals surface area contributed by atoms with E-state index in [0.29, 0.717) is 18.0 Å². The average molecular weight is 431 g/mol. The van der Waals surface area contributed by atoms with Gasteiger partial charge < -0.3 is 20.3 Å². The number of aliphatic imine (C=N–C) groups is 1. The van der Waals surface area contributed by atoms with Gasteiger partial charge in [-0.1, -0.05) is 6.92 Å². The molecule has 0 spiro atoms. The van der Waals surface area contributed by atoms with Crippen LogP contribution in [0.2, 0.25) is 0 Å². The third kappa shape index (κ3) is 6.74. The lowest BCUT2D eigenvalue weighted by molar-refractivity contribution is 0.255. The smallest absolute Gasteiger partial charge is 0.191 e. The molecular weight excluding hydrogens is 388 g/mol. The number of rotatable bonds is 8. The quantitative estimate of drug-likeness (QED) is 0.374. The molecule has 2 aliphatic rings. The minimum atomic E-state index is 0.472. The van der Waals surface area contributed by atoms with Crippen molar-refractivity contribution in [1.82, 2.24) is 20.4 Å². The van der Waals surface area contributed by atoms with Gasteiger partial charge in [0.2, 0.25) is 0 Å². The van der Waals surface area contributed by atoms with Crippen LogP contribution in [0, 0.1) is 5.92 Å². The molecule has 2 N–H and O–H groups in total. The van der Waals surface area contributed by atoms with Crippen molar-refractivity contribution in [1.29, 1.82) is 0 Å². The van der Waals surface area contributed by atoms with E-state index in [2.05, 4.69) is 63.2 Å². The van der Waals surface area contributed by atoms with Gasteiger partial charge in [-0.25, -0.2) is 0 Å². The Morgan fingerprint density at radius 2 is 1.84 bits per heavy atom. The molecule has 2 saturated heterocycles. The summed E-state index contributed by atoms with van der Waals surface area (Å²) < 4.78 is 5.26. The van der Waals surface area contributed by atoms with Gasteiger partial charge in [-0.3, -0.25) is 14.8 Å². The number of methoxy groups -OCH3 is 1. The molecule has 0 aromatic heterocycles. The molecule has 7 nitrogen and oxygen atoms in total. The van der Waals surface area contributed by atoms with Gasteiger partial charge in [0.15, 0.2) is 5.96 Å². The molecule has 2 unspecified atom stereocenters. The number of guanidine groups is 1. The van der Waals surface area contributed by atoms with Crippen LogP contribution in [0.1, 0.15) is 27.2 Å². The van der Waals surface area contributed by atoms with Crippen molar-refractivity contribution in [3.63, 3.8) is 0 Å². The first-order valence-corrected chi connectivity index (χ1v) is 11.8. The van der Waals surface area contributed by atoms with Crippen molar-refractivity contribution in [2.45, 2.75) is 39.3 Å². The number of nitrogens with one attached hydrogen (secondary N) is 2. The first-order valence-electron chi connectivity index (χ1n) is 11.8. The van der Waals surface area contributed by atoms with Gasteiger partial charge in [-0.2, -0.15) is 0 Å². The highest BCUT2D eigenvalue weighted by Crippen LogP contribution is 2.21. The minimum Gasteiger partial charge on any atom is -0.497 e. The summed E-state index contributed by atoms with van der Waals surface area (Å²) in [5.41, 5.74) is 1.29. The second-order valence-electron chi connectivity index (χ2n) is 9.16. The van der Waals surface area contributed by atoms with Crippen LogP contribution in [0.4, 0.5) is 5.69 Å². The largest absolute Gasteiger partial charge is 0.497 e. The first kappa shape index (κ1) is 23.7. The van der Waals surface area contributed by atoms with Crippen LogP contribution < -0.4 is 20.3 Å². The van der Waals surface area contributed by atoms with E-state index in [1.807, 2.05) is 19.2 Å². The second kappa shape index (κ2) is 11.6. The second-order valence-corrected chi connectivity index (χ2v) is 9.16. The lowest BCUT2D eigenvalue weighted by atomic mass is 10.1. The van der Waals surface area contributed by atoms with Crippen molar-refractivity contribution in [2.75, 3.05) is 71.4 Å². The molecule has 2 atom stereocenters. The molecule has 3 rings (SSSR count). The fourth-order valence-corrected chi connectivity index (χ4v) is 4.52. The van der Waals surface area contributed by atoms with E-state index in [9.17, 15) is 0 Å². The Hall–Kier alpha value is -1.99. The molecule has 0 amide bonds. The van der Waals surface area contributed by atoms with Crippen molar-refractivity contribution in [2.24, 2.45) is 10.9 Å². The summed E-state index contributed by atoms with van der Waals surface area (Å²) in [4.78, 5) is 12.0. The molecule has 2 heterocycles. The maximum Gasteiger partial charge on any atom is 0.191 e. The molecule has 31 heavy (non-hydrogen) atoms. The molecule has 2 fully saturated rings. The molecule has 0 aliphatic carbocycles. The van der Waals surface area contributed by atoms with Gasteiger partial charge in [0, 0.05) is 70.6 Å². The number of hydrogen-bond acceptors (Lipinski definition) is 5. The molecule has 0 radical (unpaired) electrons. The van der Waals surface area contributed by atoms with Crippen LogP contribution in [-0.4, -0.2) is 94.4 Å². The average Bonchev–Trinajstić information content (AvgIpc) is 3.17. The van der Waals surface area contributed by atoms with Crippen LogP contribution in [0.5, 0.6) is 5.75 Å². The predicted octanol–water partition coefficient (Wildman–Crippen LogP) is 2.10. The zero-order chi connectivity index (χ0) is 22.2. The molecular formula is C24H42N6O. The van der Waals surface area contributed by atoms with Gasteiger partial charge in [0.1, 0.15) is 5.75 Å². The predicted molar refractivity (Wildman–Crippen MR) is 130 cm³/mol. The molecule has 174 valence electrons. The zero-order valence-electron chi connectivity index (χ0n) is 20.1. The summed E-state index contributed by atoms with van der Waals surface area (Å²) in [5.74, 6) is 2.49. The Balaban J connectivity index is 1.32. The van der Waals surface area contributed by atoms with Crippen molar-refractivity contribution in [3.05, 3.63) is 24.3 Å². The van der Waals surface area contributed by atoms with E-state index in [1.54, 1.807) is 7.11 Å². The third-order valence-corrected chi connectivity index (χ3v) is 6.67. The van der Waals surface area contributed by atoms with Crippen LogP contribution in [0.15, 0.2) is 29.3 Å². The summed E-state index contributed by atoms with van der Waals surface area (Å²) in [6.45, 7) is 15.6. The summed E-state index contributed by atoms with van der Waals surface area (Å²) in [5, 5.41) is 7.16. The lowest BCUT2D eigenvalue weighted by Crippen LogP contribution is -2.48. The number of anilines is 1. The Morgan fingerprint density at radius 3 is 2.42 bits per heavy atom.